The van der Waals surface area contributed by atoms with E-state index in [1.165, 1.54) is 12.5 Å². The standard InChI is InChI=1S/C40H48N4O7/c1-8-21(2)36(40(47)44-32-11-9-10-26-27-19-24(48-4)13-16-30(27)42-37(26)32)43-31-17-14-25-28(20-33(31)46)29(41-22(3)45)15-12-23-18-34(49-5)38(50-6)39(51-7)35(23)25/h13-14,16-21,29,32,36,42H,8-12,15H2,1-7H3,(H,41,45)(H,43,46)(H,44,47)/t21-,29+,32-,36+/m1/s1. The van der Waals surface area contributed by atoms with Gasteiger partial charge in [-0.3, -0.25) is 14.4 Å². The molecule has 0 aliphatic heterocycles. The summed E-state index contributed by atoms with van der Waals surface area (Å²) in [5, 5.41) is 10.8. The average molecular weight is 697 g/mol. The van der Waals surface area contributed by atoms with Crippen molar-refractivity contribution in [1.82, 2.24) is 15.6 Å². The molecule has 6 rings (SSSR count). The number of H-pyrrole nitrogens is 1. The number of hydrogen-bond acceptors (Lipinski definition) is 8. The Balaban J connectivity index is 1.39. The van der Waals surface area contributed by atoms with E-state index in [1.807, 2.05) is 44.2 Å². The summed E-state index contributed by atoms with van der Waals surface area (Å²) in [7, 11) is 6.36. The minimum absolute atomic E-state index is 0.0903. The van der Waals surface area contributed by atoms with Gasteiger partial charge in [0.2, 0.25) is 23.0 Å². The SMILES string of the molecule is CC[C@@H](C)[C@H](Nc1ccc2c(cc1=O)[C@@H](NC(C)=O)CCc1cc(OC)c(OC)c(OC)c1-2)C(=O)N[C@@H]1CCCc2c1[nH]c1ccc(OC)cc21. The van der Waals surface area contributed by atoms with Crippen LogP contribution in [0.1, 0.15) is 80.9 Å². The van der Waals surface area contributed by atoms with Crippen LogP contribution in [0.25, 0.3) is 22.0 Å². The molecule has 270 valence electrons. The highest BCUT2D eigenvalue weighted by Gasteiger charge is 2.32. The van der Waals surface area contributed by atoms with Gasteiger partial charge in [-0.25, -0.2) is 0 Å². The Morgan fingerprint density at radius 3 is 2.37 bits per heavy atom. The fraction of sp³-hybridized carbons (Fsp3) is 0.425. The zero-order valence-electron chi connectivity index (χ0n) is 30.5. The van der Waals surface area contributed by atoms with Gasteiger partial charge in [-0.05, 0) is 96.7 Å². The number of carbonyl (C=O) groups is 2. The van der Waals surface area contributed by atoms with Gasteiger partial charge in [0.25, 0.3) is 0 Å². The molecule has 51 heavy (non-hydrogen) atoms. The van der Waals surface area contributed by atoms with Gasteiger partial charge in [0.05, 0.1) is 46.2 Å². The molecule has 11 nitrogen and oxygen atoms in total. The Labute approximate surface area is 298 Å². The summed E-state index contributed by atoms with van der Waals surface area (Å²) in [4.78, 5) is 44.2. The van der Waals surface area contributed by atoms with E-state index in [0.717, 1.165) is 58.3 Å². The third-order valence-electron chi connectivity index (χ3n) is 10.5. The molecule has 2 aliphatic carbocycles. The summed E-state index contributed by atoms with van der Waals surface area (Å²) in [6.45, 7) is 5.51. The quantitative estimate of drug-likeness (QED) is 0.142. The van der Waals surface area contributed by atoms with Crippen LogP contribution in [0, 0.1) is 5.92 Å². The van der Waals surface area contributed by atoms with Gasteiger partial charge in [0.15, 0.2) is 11.5 Å². The Morgan fingerprint density at radius 1 is 0.902 bits per heavy atom. The van der Waals surface area contributed by atoms with Crippen molar-refractivity contribution < 1.29 is 28.5 Å². The lowest BCUT2D eigenvalue weighted by atomic mass is 9.90. The van der Waals surface area contributed by atoms with E-state index in [4.69, 9.17) is 18.9 Å². The number of nitrogens with one attached hydrogen (secondary N) is 4. The third-order valence-corrected chi connectivity index (χ3v) is 10.5. The molecule has 4 aromatic rings. The largest absolute Gasteiger partial charge is 0.497 e. The second kappa shape index (κ2) is 15.0. The van der Waals surface area contributed by atoms with Crippen molar-refractivity contribution in [3.8, 4) is 34.1 Å². The van der Waals surface area contributed by atoms with Gasteiger partial charge in [-0.1, -0.05) is 26.3 Å². The molecule has 2 aliphatic rings. The highest BCUT2D eigenvalue weighted by molar-refractivity contribution is 5.89. The van der Waals surface area contributed by atoms with E-state index in [0.29, 0.717) is 42.1 Å². The molecular weight excluding hydrogens is 648 g/mol. The van der Waals surface area contributed by atoms with Crippen LogP contribution < -0.4 is 40.3 Å². The lowest BCUT2D eigenvalue weighted by Crippen LogP contribution is -2.46. The molecule has 0 saturated carbocycles. The number of amides is 2. The number of rotatable bonds is 11. The van der Waals surface area contributed by atoms with Crippen LogP contribution in [0.4, 0.5) is 5.69 Å². The first-order chi connectivity index (χ1) is 24.6. The summed E-state index contributed by atoms with van der Waals surface area (Å²) >= 11 is 0. The molecule has 3 aromatic carbocycles. The fourth-order valence-corrected chi connectivity index (χ4v) is 7.67. The molecule has 4 atom stereocenters. The Hall–Kier alpha value is -5.19. The lowest BCUT2D eigenvalue weighted by molar-refractivity contribution is -0.123. The van der Waals surface area contributed by atoms with E-state index in [-0.39, 0.29) is 34.9 Å². The average Bonchev–Trinajstić information content (AvgIpc) is 3.35. The van der Waals surface area contributed by atoms with Crippen molar-refractivity contribution >= 4 is 28.4 Å². The second-order valence-electron chi connectivity index (χ2n) is 13.5. The normalized spacial score (nSPS) is 17.5. The number of ether oxygens (including phenoxy) is 4. The molecule has 1 aromatic heterocycles. The van der Waals surface area contributed by atoms with Crippen molar-refractivity contribution in [3.05, 3.63) is 75.1 Å². The Morgan fingerprint density at radius 2 is 1.69 bits per heavy atom. The fourth-order valence-electron chi connectivity index (χ4n) is 7.67. The molecule has 0 bridgehead atoms. The van der Waals surface area contributed by atoms with Gasteiger partial charge in [0.1, 0.15) is 11.8 Å². The predicted molar refractivity (Wildman–Crippen MR) is 198 cm³/mol. The number of carbonyl (C=O) groups excluding carboxylic acids is 2. The van der Waals surface area contributed by atoms with E-state index in [1.54, 1.807) is 40.6 Å². The molecule has 0 spiro atoms. The maximum atomic E-state index is 14.2. The third kappa shape index (κ3) is 6.81. The first-order valence-electron chi connectivity index (χ1n) is 17.6. The zero-order valence-corrected chi connectivity index (χ0v) is 30.5. The summed E-state index contributed by atoms with van der Waals surface area (Å²) in [6.07, 6.45) is 4.51. The van der Waals surface area contributed by atoms with Gasteiger partial charge < -0.3 is 39.9 Å². The highest BCUT2D eigenvalue weighted by atomic mass is 16.5. The summed E-state index contributed by atoms with van der Waals surface area (Å²) in [5.41, 5.74) is 6.30. The minimum atomic E-state index is -0.683. The van der Waals surface area contributed by atoms with Crippen molar-refractivity contribution in [1.29, 1.82) is 0 Å². The number of fused-ring (bicyclic) bond motifs is 6. The predicted octanol–water partition coefficient (Wildman–Crippen LogP) is 6.37. The van der Waals surface area contributed by atoms with Crippen LogP contribution in [-0.2, 0) is 22.4 Å². The van der Waals surface area contributed by atoms with Crippen LogP contribution in [0.15, 0.2) is 47.3 Å². The van der Waals surface area contributed by atoms with Gasteiger partial charge in [-0.2, -0.15) is 0 Å². The number of methoxy groups -OCH3 is 4. The molecule has 4 N–H and O–H groups in total. The monoisotopic (exact) mass is 696 g/mol. The number of benzene rings is 2. The van der Waals surface area contributed by atoms with Crippen LogP contribution >= 0.6 is 0 Å². The molecule has 1 heterocycles. The number of anilines is 1. The number of aromatic amines is 1. The van der Waals surface area contributed by atoms with Gasteiger partial charge >= 0.3 is 0 Å². The van der Waals surface area contributed by atoms with Crippen LogP contribution in [0.2, 0.25) is 0 Å². The zero-order chi connectivity index (χ0) is 36.4. The molecule has 0 unspecified atom stereocenters. The minimum Gasteiger partial charge on any atom is -0.497 e. The molecular formula is C40H48N4O7. The van der Waals surface area contributed by atoms with E-state index in [9.17, 15) is 14.4 Å². The van der Waals surface area contributed by atoms with Crippen LogP contribution in [-0.4, -0.2) is 51.3 Å². The van der Waals surface area contributed by atoms with Gasteiger partial charge in [-0.15, -0.1) is 0 Å². The molecule has 11 heteroatoms. The van der Waals surface area contributed by atoms with E-state index < -0.39 is 12.1 Å². The van der Waals surface area contributed by atoms with E-state index >= 15 is 0 Å². The second-order valence-corrected chi connectivity index (χ2v) is 13.5. The summed E-state index contributed by atoms with van der Waals surface area (Å²) in [6, 6.07) is 11.8. The summed E-state index contributed by atoms with van der Waals surface area (Å²) < 4.78 is 22.8. The molecule has 0 fully saturated rings. The van der Waals surface area contributed by atoms with Crippen LogP contribution in [0.3, 0.4) is 0 Å². The van der Waals surface area contributed by atoms with Crippen molar-refractivity contribution in [3.63, 3.8) is 0 Å². The first-order valence-corrected chi connectivity index (χ1v) is 17.6. The topological polar surface area (TPSA) is 140 Å². The number of aromatic nitrogens is 1. The first kappa shape index (κ1) is 35.6. The smallest absolute Gasteiger partial charge is 0.243 e. The lowest BCUT2D eigenvalue weighted by Gasteiger charge is -2.29. The number of aryl methyl sites for hydroxylation is 2. The van der Waals surface area contributed by atoms with Crippen molar-refractivity contribution in [2.75, 3.05) is 33.8 Å². The maximum Gasteiger partial charge on any atom is 0.243 e. The summed E-state index contributed by atoms with van der Waals surface area (Å²) in [5.74, 6) is 1.76. The van der Waals surface area contributed by atoms with Crippen LogP contribution in [0.5, 0.6) is 23.0 Å². The Kier molecular flexibility index (Phi) is 10.5. The maximum absolute atomic E-state index is 14.2. The van der Waals surface area contributed by atoms with E-state index in [2.05, 4.69) is 20.9 Å². The molecule has 0 radical (unpaired) electrons. The molecule has 2 amide bonds. The molecule has 0 saturated heterocycles. The van der Waals surface area contributed by atoms with Gasteiger partial charge in [0, 0.05) is 29.1 Å². The Bertz CT molecular complexity index is 2020. The van der Waals surface area contributed by atoms with Crippen molar-refractivity contribution in [2.45, 2.75) is 77.4 Å². The van der Waals surface area contributed by atoms with Crippen molar-refractivity contribution in [2.24, 2.45) is 5.92 Å². The number of hydrogen-bond donors (Lipinski definition) is 4. The highest BCUT2D eigenvalue weighted by Crippen LogP contribution is 2.50.